The van der Waals surface area contributed by atoms with Gasteiger partial charge in [0.1, 0.15) is 11.1 Å². The van der Waals surface area contributed by atoms with E-state index in [1.807, 2.05) is 24.3 Å². The molecule has 27 heavy (non-hydrogen) atoms. The molecule has 0 aliphatic carbocycles. The standard InChI is InChI=1S/C21H19N3O3/c1-3-24(4-2)17-10-7-15-11-18(21(26)27-19(15)12-17)20(25)23-16-8-5-14(13-22)6-9-16/h5-12H,3-4H2,1-2H3,(H,23,25). The molecular formula is C21H19N3O3. The predicted molar refractivity (Wildman–Crippen MR) is 105 cm³/mol. The smallest absolute Gasteiger partial charge is 0.349 e. The van der Waals surface area contributed by atoms with Crippen molar-refractivity contribution in [3.63, 3.8) is 0 Å². The first kappa shape index (κ1) is 18.2. The monoisotopic (exact) mass is 361 g/mol. The normalized spacial score (nSPS) is 10.4. The summed E-state index contributed by atoms with van der Waals surface area (Å²) >= 11 is 0. The first-order chi connectivity index (χ1) is 13.0. The van der Waals surface area contributed by atoms with Gasteiger partial charge in [0.15, 0.2) is 0 Å². The fourth-order valence-electron chi connectivity index (χ4n) is 2.87. The van der Waals surface area contributed by atoms with Crippen LogP contribution in [-0.4, -0.2) is 19.0 Å². The second-order valence-corrected chi connectivity index (χ2v) is 5.99. The van der Waals surface area contributed by atoms with E-state index in [9.17, 15) is 9.59 Å². The van der Waals surface area contributed by atoms with Crippen LogP contribution >= 0.6 is 0 Å². The molecule has 0 unspecified atom stereocenters. The third kappa shape index (κ3) is 3.82. The van der Waals surface area contributed by atoms with Crippen molar-refractivity contribution < 1.29 is 9.21 Å². The molecule has 136 valence electrons. The van der Waals surface area contributed by atoms with E-state index < -0.39 is 11.5 Å². The quantitative estimate of drug-likeness (QED) is 0.699. The molecule has 0 aliphatic heterocycles. The molecule has 0 aliphatic rings. The van der Waals surface area contributed by atoms with Gasteiger partial charge in [0.25, 0.3) is 5.91 Å². The van der Waals surface area contributed by atoms with Gasteiger partial charge in [0.2, 0.25) is 0 Å². The average Bonchev–Trinajstić information content (AvgIpc) is 2.68. The molecule has 0 radical (unpaired) electrons. The van der Waals surface area contributed by atoms with Crippen LogP contribution in [0.5, 0.6) is 0 Å². The van der Waals surface area contributed by atoms with Crippen LogP contribution in [0.15, 0.2) is 57.7 Å². The van der Waals surface area contributed by atoms with Crippen molar-refractivity contribution in [2.45, 2.75) is 13.8 Å². The number of carbonyl (C=O) groups excluding carboxylic acids is 1. The number of nitrogens with one attached hydrogen (secondary N) is 1. The van der Waals surface area contributed by atoms with Crippen LogP contribution in [-0.2, 0) is 0 Å². The van der Waals surface area contributed by atoms with Crippen LogP contribution in [0.2, 0.25) is 0 Å². The molecule has 3 aromatic rings. The van der Waals surface area contributed by atoms with Crippen LogP contribution < -0.4 is 15.8 Å². The van der Waals surface area contributed by atoms with Gasteiger partial charge in [-0.2, -0.15) is 5.26 Å². The van der Waals surface area contributed by atoms with Gasteiger partial charge >= 0.3 is 5.63 Å². The SMILES string of the molecule is CCN(CC)c1ccc2cc(C(=O)Nc3ccc(C#N)cc3)c(=O)oc2c1. The second kappa shape index (κ2) is 7.75. The van der Waals surface area contributed by atoms with E-state index in [4.69, 9.17) is 9.68 Å². The summed E-state index contributed by atoms with van der Waals surface area (Å²) < 4.78 is 5.38. The van der Waals surface area contributed by atoms with Gasteiger partial charge in [-0.1, -0.05) is 0 Å². The Morgan fingerprint density at radius 2 is 1.81 bits per heavy atom. The highest BCUT2D eigenvalue weighted by atomic mass is 16.4. The molecule has 1 N–H and O–H groups in total. The fourth-order valence-corrected chi connectivity index (χ4v) is 2.87. The lowest BCUT2D eigenvalue weighted by molar-refractivity contribution is 0.102. The van der Waals surface area contributed by atoms with Gasteiger partial charge in [-0.15, -0.1) is 0 Å². The van der Waals surface area contributed by atoms with Crippen molar-refractivity contribution in [3.05, 3.63) is 70.1 Å². The highest BCUT2D eigenvalue weighted by Gasteiger charge is 2.15. The maximum Gasteiger partial charge on any atom is 0.349 e. The van der Waals surface area contributed by atoms with Crippen LogP contribution in [0.1, 0.15) is 29.8 Å². The topological polar surface area (TPSA) is 86.3 Å². The number of benzene rings is 2. The van der Waals surface area contributed by atoms with Gasteiger partial charge in [-0.25, -0.2) is 4.79 Å². The first-order valence-electron chi connectivity index (χ1n) is 8.70. The van der Waals surface area contributed by atoms with E-state index in [1.54, 1.807) is 24.3 Å². The minimum absolute atomic E-state index is 0.0672. The highest BCUT2D eigenvalue weighted by Crippen LogP contribution is 2.22. The molecule has 1 amide bonds. The minimum atomic E-state index is -0.689. The number of anilines is 2. The van der Waals surface area contributed by atoms with E-state index in [0.29, 0.717) is 22.2 Å². The zero-order valence-corrected chi connectivity index (χ0v) is 15.2. The zero-order valence-electron chi connectivity index (χ0n) is 15.2. The number of carbonyl (C=O) groups is 1. The van der Waals surface area contributed by atoms with Crippen LogP contribution in [0.25, 0.3) is 11.0 Å². The van der Waals surface area contributed by atoms with Crippen molar-refractivity contribution >= 4 is 28.3 Å². The number of hydrogen-bond acceptors (Lipinski definition) is 5. The summed E-state index contributed by atoms with van der Waals surface area (Å²) in [6.45, 7) is 5.80. The van der Waals surface area contributed by atoms with E-state index in [-0.39, 0.29) is 5.56 Å². The Labute approximate surface area is 156 Å². The molecular weight excluding hydrogens is 342 g/mol. The van der Waals surface area contributed by atoms with E-state index in [2.05, 4.69) is 24.1 Å². The second-order valence-electron chi connectivity index (χ2n) is 5.99. The zero-order chi connectivity index (χ0) is 19.4. The molecule has 0 atom stereocenters. The largest absolute Gasteiger partial charge is 0.422 e. The Morgan fingerprint density at radius 1 is 1.11 bits per heavy atom. The molecule has 1 heterocycles. The van der Waals surface area contributed by atoms with Crippen LogP contribution in [0.3, 0.4) is 0 Å². The summed E-state index contributed by atoms with van der Waals surface area (Å²) in [4.78, 5) is 26.9. The Bertz CT molecular complexity index is 1070. The summed E-state index contributed by atoms with van der Waals surface area (Å²) in [6.07, 6.45) is 0. The van der Waals surface area contributed by atoms with Gasteiger partial charge in [0.05, 0.1) is 11.6 Å². The molecule has 0 bridgehead atoms. The maximum absolute atomic E-state index is 12.5. The summed E-state index contributed by atoms with van der Waals surface area (Å²) in [7, 11) is 0. The minimum Gasteiger partial charge on any atom is -0.422 e. The number of nitriles is 1. The predicted octanol–water partition coefficient (Wildman–Crippen LogP) is 3.76. The highest BCUT2D eigenvalue weighted by molar-refractivity contribution is 6.05. The van der Waals surface area contributed by atoms with Gasteiger partial charge in [-0.3, -0.25) is 4.79 Å². The number of nitrogens with zero attached hydrogens (tertiary/aromatic N) is 2. The van der Waals surface area contributed by atoms with E-state index in [1.165, 1.54) is 6.07 Å². The summed E-state index contributed by atoms with van der Waals surface area (Å²) in [6, 6.07) is 15.5. The Kier molecular flexibility index (Phi) is 5.23. The fraction of sp³-hybridized carbons (Fsp3) is 0.190. The average molecular weight is 361 g/mol. The first-order valence-corrected chi connectivity index (χ1v) is 8.70. The molecule has 0 spiro atoms. The van der Waals surface area contributed by atoms with Crippen molar-refractivity contribution in [1.82, 2.24) is 0 Å². The van der Waals surface area contributed by atoms with Gasteiger partial charge < -0.3 is 14.6 Å². The molecule has 6 nitrogen and oxygen atoms in total. The van der Waals surface area contributed by atoms with E-state index >= 15 is 0 Å². The van der Waals surface area contributed by atoms with Crippen molar-refractivity contribution in [3.8, 4) is 6.07 Å². The lowest BCUT2D eigenvalue weighted by Gasteiger charge is -2.21. The molecule has 0 fully saturated rings. The number of amides is 1. The lowest BCUT2D eigenvalue weighted by Crippen LogP contribution is -2.22. The lowest BCUT2D eigenvalue weighted by atomic mass is 10.1. The molecule has 2 aromatic carbocycles. The third-order valence-corrected chi connectivity index (χ3v) is 4.36. The summed E-state index contributed by atoms with van der Waals surface area (Å²) in [5.41, 5.74) is 1.63. The molecule has 6 heteroatoms. The summed E-state index contributed by atoms with van der Waals surface area (Å²) in [5, 5.41) is 12.1. The van der Waals surface area contributed by atoms with Crippen molar-refractivity contribution in [2.24, 2.45) is 0 Å². The van der Waals surface area contributed by atoms with Crippen LogP contribution in [0, 0.1) is 11.3 Å². The number of rotatable bonds is 5. The van der Waals surface area contributed by atoms with Crippen LogP contribution in [0.4, 0.5) is 11.4 Å². The Hall–Kier alpha value is -3.59. The molecule has 0 saturated heterocycles. The van der Waals surface area contributed by atoms with Crippen molar-refractivity contribution in [2.75, 3.05) is 23.3 Å². The molecule has 1 aromatic heterocycles. The molecule has 0 saturated carbocycles. The maximum atomic E-state index is 12.5. The molecule has 3 rings (SSSR count). The van der Waals surface area contributed by atoms with Crippen molar-refractivity contribution in [1.29, 1.82) is 5.26 Å². The Balaban J connectivity index is 1.91. The Morgan fingerprint density at radius 3 is 2.44 bits per heavy atom. The van der Waals surface area contributed by atoms with Gasteiger partial charge in [0, 0.05) is 35.9 Å². The number of hydrogen-bond donors (Lipinski definition) is 1. The third-order valence-electron chi connectivity index (χ3n) is 4.36. The number of fused-ring (bicyclic) bond motifs is 1. The summed E-state index contributed by atoms with van der Waals surface area (Å²) in [5.74, 6) is -0.553. The van der Waals surface area contributed by atoms with E-state index in [0.717, 1.165) is 18.8 Å². The van der Waals surface area contributed by atoms with Gasteiger partial charge in [-0.05, 0) is 56.3 Å².